The first-order valence-corrected chi connectivity index (χ1v) is 10.7. The lowest BCUT2D eigenvalue weighted by Crippen LogP contribution is -2.16. The number of hydrogen-bond donors (Lipinski definition) is 1. The minimum absolute atomic E-state index is 0.204. The molecule has 3 aromatic carbocycles. The van der Waals surface area contributed by atoms with Crippen LogP contribution in [0.15, 0.2) is 80.7 Å². The summed E-state index contributed by atoms with van der Waals surface area (Å²) in [6.07, 6.45) is 1.52. The molecule has 4 rings (SSSR count). The highest BCUT2D eigenvalue weighted by Gasteiger charge is 2.13. The van der Waals surface area contributed by atoms with E-state index in [-0.39, 0.29) is 5.76 Å². The summed E-state index contributed by atoms with van der Waals surface area (Å²) in [5.41, 5.74) is 4.25. The SMILES string of the molecule is COc1cc(C=NNC(=O)c2ccc(C)o2)cc(Br)c1OCc1cccc2ccccc12. The van der Waals surface area contributed by atoms with E-state index in [0.717, 1.165) is 21.9 Å². The van der Waals surface area contributed by atoms with E-state index in [1.165, 1.54) is 6.21 Å². The van der Waals surface area contributed by atoms with Crippen molar-refractivity contribution in [3.8, 4) is 11.5 Å². The summed E-state index contributed by atoms with van der Waals surface area (Å²) in [7, 11) is 1.58. The maximum Gasteiger partial charge on any atom is 0.307 e. The normalized spacial score (nSPS) is 11.1. The van der Waals surface area contributed by atoms with Gasteiger partial charge in [0.25, 0.3) is 0 Å². The molecule has 0 aliphatic heterocycles. The van der Waals surface area contributed by atoms with Gasteiger partial charge in [-0.3, -0.25) is 4.79 Å². The van der Waals surface area contributed by atoms with Crippen LogP contribution in [0.25, 0.3) is 10.8 Å². The molecule has 1 amide bonds. The number of rotatable bonds is 7. The number of furan rings is 1. The fourth-order valence-electron chi connectivity index (χ4n) is 3.30. The van der Waals surface area contributed by atoms with Crippen LogP contribution in [-0.2, 0) is 6.61 Å². The second-order valence-corrected chi connectivity index (χ2v) is 7.92. The molecule has 32 heavy (non-hydrogen) atoms. The molecule has 4 aromatic rings. The van der Waals surface area contributed by atoms with Crippen LogP contribution in [0.5, 0.6) is 11.5 Å². The Hall–Kier alpha value is -3.58. The molecule has 0 bridgehead atoms. The van der Waals surface area contributed by atoms with Crippen molar-refractivity contribution in [2.45, 2.75) is 13.5 Å². The minimum Gasteiger partial charge on any atom is -0.493 e. The molecule has 0 aliphatic carbocycles. The number of nitrogens with zero attached hydrogens (tertiary/aromatic N) is 1. The Kier molecular flexibility index (Phi) is 6.56. The summed E-state index contributed by atoms with van der Waals surface area (Å²) in [5, 5.41) is 6.31. The van der Waals surface area contributed by atoms with Crippen LogP contribution in [0, 0.1) is 6.92 Å². The smallest absolute Gasteiger partial charge is 0.307 e. The first-order chi connectivity index (χ1) is 15.5. The van der Waals surface area contributed by atoms with Gasteiger partial charge >= 0.3 is 5.91 Å². The third kappa shape index (κ3) is 4.84. The predicted molar refractivity (Wildman–Crippen MR) is 127 cm³/mol. The number of nitrogens with one attached hydrogen (secondary N) is 1. The first-order valence-electron chi connectivity index (χ1n) is 9.92. The standard InChI is InChI=1S/C25H21BrN2O4/c1-16-10-11-22(32-16)25(29)28-27-14-17-12-21(26)24(23(13-17)30-2)31-15-19-8-5-7-18-6-3-4-9-20(18)19/h3-14H,15H2,1-2H3,(H,28,29). The van der Waals surface area contributed by atoms with Crippen LogP contribution in [0.3, 0.4) is 0 Å². The van der Waals surface area contributed by atoms with Crippen molar-refractivity contribution in [1.82, 2.24) is 5.43 Å². The van der Waals surface area contributed by atoms with E-state index in [1.54, 1.807) is 32.2 Å². The van der Waals surface area contributed by atoms with Gasteiger partial charge in [-0.25, -0.2) is 5.43 Å². The fraction of sp³-hybridized carbons (Fsp3) is 0.120. The minimum atomic E-state index is -0.421. The highest BCUT2D eigenvalue weighted by atomic mass is 79.9. The second kappa shape index (κ2) is 9.70. The van der Waals surface area contributed by atoms with E-state index in [9.17, 15) is 4.79 Å². The van der Waals surface area contributed by atoms with Crippen molar-refractivity contribution in [1.29, 1.82) is 0 Å². The molecule has 0 saturated carbocycles. The number of fused-ring (bicyclic) bond motifs is 1. The number of ether oxygens (including phenoxy) is 2. The number of hydrogen-bond acceptors (Lipinski definition) is 5. The third-order valence-corrected chi connectivity index (χ3v) is 5.44. The maximum atomic E-state index is 12.0. The number of hydrazone groups is 1. The molecular formula is C25H21BrN2O4. The summed E-state index contributed by atoms with van der Waals surface area (Å²) >= 11 is 3.55. The van der Waals surface area contributed by atoms with E-state index >= 15 is 0 Å². The summed E-state index contributed by atoms with van der Waals surface area (Å²) in [6.45, 7) is 2.16. The van der Waals surface area contributed by atoms with Crippen LogP contribution in [0.1, 0.15) is 27.4 Å². The average Bonchev–Trinajstić information content (AvgIpc) is 3.24. The fourth-order valence-corrected chi connectivity index (χ4v) is 3.87. The maximum absolute atomic E-state index is 12.0. The molecule has 0 fully saturated rings. The Morgan fingerprint density at radius 1 is 1.12 bits per heavy atom. The summed E-state index contributed by atoms with van der Waals surface area (Å²) < 4.78 is 17.6. The van der Waals surface area contributed by atoms with Gasteiger partial charge in [-0.05, 0) is 69.0 Å². The van der Waals surface area contributed by atoms with E-state index in [2.05, 4.69) is 44.7 Å². The van der Waals surface area contributed by atoms with Crippen molar-refractivity contribution in [2.75, 3.05) is 7.11 Å². The molecule has 0 aliphatic rings. The molecule has 162 valence electrons. The molecule has 0 radical (unpaired) electrons. The van der Waals surface area contributed by atoms with Gasteiger partial charge in [-0.2, -0.15) is 5.10 Å². The van der Waals surface area contributed by atoms with E-state index < -0.39 is 5.91 Å². The van der Waals surface area contributed by atoms with Crippen LogP contribution in [0.4, 0.5) is 0 Å². The lowest BCUT2D eigenvalue weighted by molar-refractivity contribution is 0.0926. The zero-order valence-electron chi connectivity index (χ0n) is 17.6. The Bertz CT molecular complexity index is 1290. The lowest BCUT2D eigenvalue weighted by Gasteiger charge is -2.14. The highest BCUT2D eigenvalue weighted by Crippen LogP contribution is 2.37. The quantitative estimate of drug-likeness (QED) is 0.259. The number of benzene rings is 3. The van der Waals surface area contributed by atoms with Gasteiger partial charge in [0.05, 0.1) is 17.8 Å². The molecular weight excluding hydrogens is 472 g/mol. The highest BCUT2D eigenvalue weighted by molar-refractivity contribution is 9.10. The topological polar surface area (TPSA) is 73.1 Å². The Morgan fingerprint density at radius 3 is 2.72 bits per heavy atom. The predicted octanol–water partition coefficient (Wildman–Crippen LogP) is 5.86. The Labute approximate surface area is 194 Å². The Balaban J connectivity index is 1.48. The Morgan fingerprint density at radius 2 is 1.94 bits per heavy atom. The third-order valence-electron chi connectivity index (χ3n) is 4.85. The van der Waals surface area contributed by atoms with Crippen molar-refractivity contribution in [3.63, 3.8) is 0 Å². The number of halogens is 1. The number of aryl methyl sites for hydroxylation is 1. The summed E-state index contributed by atoms with van der Waals surface area (Å²) in [6, 6.07) is 21.3. The van der Waals surface area contributed by atoms with Crippen molar-refractivity contribution in [3.05, 3.63) is 93.9 Å². The van der Waals surface area contributed by atoms with E-state index in [4.69, 9.17) is 13.9 Å². The van der Waals surface area contributed by atoms with E-state index in [0.29, 0.717) is 28.3 Å². The molecule has 0 spiro atoms. The van der Waals surface area contributed by atoms with Crippen LogP contribution in [0.2, 0.25) is 0 Å². The van der Waals surface area contributed by atoms with E-state index in [1.807, 2.05) is 30.3 Å². The largest absolute Gasteiger partial charge is 0.493 e. The van der Waals surface area contributed by atoms with Crippen LogP contribution < -0.4 is 14.9 Å². The molecule has 1 heterocycles. The van der Waals surface area contributed by atoms with Gasteiger partial charge < -0.3 is 13.9 Å². The van der Waals surface area contributed by atoms with Gasteiger partial charge in [-0.1, -0.05) is 42.5 Å². The van der Waals surface area contributed by atoms with Gasteiger partial charge in [0, 0.05) is 0 Å². The van der Waals surface area contributed by atoms with Crippen molar-refractivity contribution < 1.29 is 18.7 Å². The van der Waals surface area contributed by atoms with Crippen molar-refractivity contribution in [2.24, 2.45) is 5.10 Å². The zero-order valence-corrected chi connectivity index (χ0v) is 19.2. The average molecular weight is 493 g/mol. The molecule has 0 saturated heterocycles. The van der Waals surface area contributed by atoms with Crippen LogP contribution >= 0.6 is 15.9 Å². The van der Waals surface area contributed by atoms with Gasteiger partial charge in [-0.15, -0.1) is 0 Å². The monoisotopic (exact) mass is 492 g/mol. The number of carbonyl (C=O) groups is 1. The second-order valence-electron chi connectivity index (χ2n) is 7.07. The van der Waals surface area contributed by atoms with Gasteiger partial charge in [0.15, 0.2) is 17.3 Å². The molecule has 1 aromatic heterocycles. The van der Waals surface area contributed by atoms with Gasteiger partial charge in [0.2, 0.25) is 0 Å². The number of methoxy groups -OCH3 is 1. The first kappa shape index (κ1) is 21.6. The zero-order chi connectivity index (χ0) is 22.5. The number of carbonyl (C=O) groups excluding carboxylic acids is 1. The van der Waals surface area contributed by atoms with Gasteiger partial charge in [0.1, 0.15) is 12.4 Å². The molecule has 0 unspecified atom stereocenters. The summed E-state index contributed by atoms with van der Waals surface area (Å²) in [4.78, 5) is 12.0. The van der Waals surface area contributed by atoms with Crippen LogP contribution in [-0.4, -0.2) is 19.2 Å². The molecule has 7 heteroatoms. The molecule has 6 nitrogen and oxygen atoms in total. The summed E-state index contributed by atoms with van der Waals surface area (Å²) in [5.74, 6) is 1.58. The number of amides is 1. The lowest BCUT2D eigenvalue weighted by atomic mass is 10.1. The molecule has 0 atom stereocenters. The molecule has 1 N–H and O–H groups in total. The van der Waals surface area contributed by atoms with Crippen molar-refractivity contribution >= 4 is 38.8 Å².